The summed E-state index contributed by atoms with van der Waals surface area (Å²) in [6, 6.07) is 1.40. The Morgan fingerprint density at radius 1 is 1.30 bits per heavy atom. The van der Waals surface area contributed by atoms with Crippen molar-refractivity contribution in [1.82, 2.24) is 9.55 Å². The van der Waals surface area contributed by atoms with Gasteiger partial charge in [0.05, 0.1) is 29.1 Å². The van der Waals surface area contributed by atoms with Crippen LogP contribution in [0.15, 0.2) is 16.9 Å². The summed E-state index contributed by atoms with van der Waals surface area (Å²) in [6.45, 7) is 4.91. The Morgan fingerprint density at radius 2 is 2.00 bits per heavy atom. The maximum Gasteiger partial charge on any atom is 0.264 e. The van der Waals surface area contributed by atoms with Crippen molar-refractivity contribution in [2.75, 3.05) is 5.32 Å². The van der Waals surface area contributed by atoms with Gasteiger partial charge in [-0.05, 0) is 19.4 Å². The van der Waals surface area contributed by atoms with Crippen molar-refractivity contribution in [3.8, 4) is 0 Å². The van der Waals surface area contributed by atoms with Crippen molar-refractivity contribution in [2.45, 2.75) is 46.1 Å². The van der Waals surface area contributed by atoms with Gasteiger partial charge in [0.25, 0.3) is 5.56 Å². The second-order valence-corrected chi connectivity index (χ2v) is 7.06. The number of hydrogen-bond acceptors (Lipinski definition) is 5. The Labute approximate surface area is 154 Å². The molecule has 0 saturated heterocycles. The Bertz CT molecular complexity index is 1030. The van der Waals surface area contributed by atoms with E-state index in [9.17, 15) is 23.6 Å². The summed E-state index contributed by atoms with van der Waals surface area (Å²) in [5.41, 5.74) is -0.411. The normalized spacial score (nSPS) is 17.6. The van der Waals surface area contributed by atoms with Gasteiger partial charge >= 0.3 is 0 Å². The molecule has 1 fully saturated rings. The number of ketones is 2. The van der Waals surface area contributed by atoms with Gasteiger partial charge in [-0.1, -0.05) is 13.8 Å². The highest BCUT2D eigenvalue weighted by molar-refractivity contribution is 6.04. The lowest BCUT2D eigenvalue weighted by Crippen LogP contribution is -2.36. The van der Waals surface area contributed by atoms with Gasteiger partial charge in [0.2, 0.25) is 5.91 Å². The van der Waals surface area contributed by atoms with Gasteiger partial charge in [-0.3, -0.25) is 23.7 Å². The summed E-state index contributed by atoms with van der Waals surface area (Å²) in [7, 11) is 0. The highest BCUT2D eigenvalue weighted by atomic mass is 19.1. The summed E-state index contributed by atoms with van der Waals surface area (Å²) in [6.07, 6.45) is 0.218. The molecule has 8 heteroatoms. The maximum absolute atomic E-state index is 14.0. The third-order valence-corrected chi connectivity index (χ3v) is 4.68. The molecule has 1 aliphatic carbocycles. The molecular weight excluding hydrogens is 353 g/mol. The molecule has 0 radical (unpaired) electrons. The molecule has 1 aliphatic rings. The first-order chi connectivity index (χ1) is 12.7. The number of halogens is 1. The van der Waals surface area contributed by atoms with Gasteiger partial charge in [0, 0.05) is 18.4 Å². The van der Waals surface area contributed by atoms with E-state index in [1.54, 1.807) is 20.8 Å². The van der Waals surface area contributed by atoms with Crippen LogP contribution in [0.25, 0.3) is 10.9 Å². The van der Waals surface area contributed by atoms with Crippen LogP contribution in [0, 0.1) is 18.7 Å². The van der Waals surface area contributed by atoms with Crippen LogP contribution in [0.2, 0.25) is 0 Å². The summed E-state index contributed by atoms with van der Waals surface area (Å²) < 4.78 is 15.2. The van der Waals surface area contributed by atoms with E-state index < -0.39 is 17.4 Å². The predicted octanol–water partition coefficient (Wildman–Crippen LogP) is 2.30. The molecular formula is C19H20FN3O4. The van der Waals surface area contributed by atoms with Gasteiger partial charge in [0.15, 0.2) is 5.78 Å². The first-order valence-electron chi connectivity index (χ1n) is 8.76. The number of nitrogens with zero attached hydrogens (tertiary/aromatic N) is 2. The van der Waals surface area contributed by atoms with Crippen LogP contribution in [-0.2, 0) is 14.4 Å². The summed E-state index contributed by atoms with van der Waals surface area (Å²) in [4.78, 5) is 53.3. The van der Waals surface area contributed by atoms with Crippen molar-refractivity contribution in [3.63, 3.8) is 0 Å². The SMILES string of the molecule is Cc1nc2cc(F)cc(NC(=O)C(C)C)c2c(=O)n1C1CCC(=O)CC1=O. The quantitative estimate of drug-likeness (QED) is 0.833. The number of anilines is 1. The first kappa shape index (κ1) is 18.9. The van der Waals surface area contributed by atoms with E-state index in [0.717, 1.165) is 12.1 Å². The van der Waals surface area contributed by atoms with Gasteiger partial charge in [-0.2, -0.15) is 0 Å². The molecule has 1 unspecified atom stereocenters. The number of carbonyl (C=O) groups excluding carboxylic acids is 3. The monoisotopic (exact) mass is 373 g/mol. The van der Waals surface area contributed by atoms with Gasteiger partial charge in [-0.25, -0.2) is 9.37 Å². The van der Waals surface area contributed by atoms with Gasteiger partial charge in [0.1, 0.15) is 17.4 Å². The minimum absolute atomic E-state index is 0.0225. The molecule has 142 valence electrons. The molecule has 7 nitrogen and oxygen atoms in total. The summed E-state index contributed by atoms with van der Waals surface area (Å²) in [5.74, 6) is -1.60. The molecule has 3 rings (SSSR count). The molecule has 27 heavy (non-hydrogen) atoms. The third-order valence-electron chi connectivity index (χ3n) is 4.68. The molecule has 1 heterocycles. The average Bonchev–Trinajstić information content (AvgIpc) is 2.55. The molecule has 1 aromatic carbocycles. The van der Waals surface area contributed by atoms with E-state index in [1.807, 2.05) is 0 Å². The number of carbonyl (C=O) groups is 3. The van der Waals surface area contributed by atoms with Crippen molar-refractivity contribution < 1.29 is 18.8 Å². The van der Waals surface area contributed by atoms with Crippen molar-refractivity contribution in [2.24, 2.45) is 5.92 Å². The molecule has 0 aliphatic heterocycles. The fourth-order valence-corrected chi connectivity index (χ4v) is 3.28. The molecule has 1 amide bonds. The lowest BCUT2D eigenvalue weighted by atomic mass is 9.92. The van der Waals surface area contributed by atoms with Crippen LogP contribution in [0.3, 0.4) is 0 Å². The number of hydrogen-bond donors (Lipinski definition) is 1. The van der Waals surface area contributed by atoms with Crippen LogP contribution in [0.4, 0.5) is 10.1 Å². The fourth-order valence-electron chi connectivity index (χ4n) is 3.28. The summed E-state index contributed by atoms with van der Waals surface area (Å²) in [5, 5.41) is 2.60. The number of nitrogens with one attached hydrogen (secondary N) is 1. The Morgan fingerprint density at radius 3 is 2.63 bits per heavy atom. The predicted molar refractivity (Wildman–Crippen MR) is 97.1 cm³/mol. The van der Waals surface area contributed by atoms with E-state index >= 15 is 0 Å². The Kier molecular flexibility index (Phi) is 4.91. The zero-order valence-electron chi connectivity index (χ0n) is 15.3. The minimum Gasteiger partial charge on any atom is -0.325 e. The second kappa shape index (κ2) is 7.02. The number of Topliss-reactive ketones (excluding diaryl/α,β-unsaturated/α-hetero) is 2. The highest BCUT2D eigenvalue weighted by Gasteiger charge is 2.31. The van der Waals surface area contributed by atoms with Gasteiger partial charge < -0.3 is 5.32 Å². The zero-order valence-corrected chi connectivity index (χ0v) is 15.3. The van der Waals surface area contributed by atoms with Crippen LogP contribution < -0.4 is 10.9 Å². The van der Waals surface area contributed by atoms with Crippen molar-refractivity contribution in [1.29, 1.82) is 0 Å². The molecule has 1 saturated carbocycles. The number of benzene rings is 1. The number of amides is 1. The lowest BCUT2D eigenvalue weighted by Gasteiger charge is -2.24. The summed E-state index contributed by atoms with van der Waals surface area (Å²) >= 11 is 0. The average molecular weight is 373 g/mol. The number of rotatable bonds is 3. The van der Waals surface area contributed by atoms with Crippen LogP contribution in [0.5, 0.6) is 0 Å². The standard InChI is InChI=1S/C19H20FN3O4/c1-9(2)18(26)22-14-7-11(20)6-13-17(14)19(27)23(10(3)21-13)15-5-4-12(24)8-16(15)25/h6-7,9,15H,4-5,8H2,1-3H3,(H,22,26). The molecule has 1 N–H and O–H groups in total. The largest absolute Gasteiger partial charge is 0.325 e. The molecule has 2 aromatic rings. The molecule has 1 aromatic heterocycles. The molecule has 0 spiro atoms. The number of fused-ring (bicyclic) bond motifs is 1. The van der Waals surface area contributed by atoms with E-state index in [4.69, 9.17) is 0 Å². The topological polar surface area (TPSA) is 98.1 Å². The van der Waals surface area contributed by atoms with Crippen LogP contribution in [0.1, 0.15) is 45.0 Å². The van der Waals surface area contributed by atoms with E-state index in [1.165, 1.54) is 4.57 Å². The fraction of sp³-hybridized carbons (Fsp3) is 0.421. The molecule has 1 atom stereocenters. The van der Waals surface area contributed by atoms with Crippen molar-refractivity contribution in [3.05, 3.63) is 34.1 Å². The maximum atomic E-state index is 14.0. The first-order valence-corrected chi connectivity index (χ1v) is 8.76. The molecule has 0 bridgehead atoms. The lowest BCUT2D eigenvalue weighted by molar-refractivity contribution is -0.132. The smallest absolute Gasteiger partial charge is 0.264 e. The van der Waals surface area contributed by atoms with Crippen molar-refractivity contribution >= 4 is 34.1 Å². The van der Waals surface area contributed by atoms with Crippen LogP contribution >= 0.6 is 0 Å². The minimum atomic E-state index is -0.786. The highest BCUT2D eigenvalue weighted by Crippen LogP contribution is 2.26. The second-order valence-electron chi connectivity index (χ2n) is 7.06. The van der Waals surface area contributed by atoms with E-state index in [-0.39, 0.29) is 65.1 Å². The third kappa shape index (κ3) is 3.51. The number of aromatic nitrogens is 2. The zero-order chi connectivity index (χ0) is 19.9. The van der Waals surface area contributed by atoms with E-state index in [2.05, 4.69) is 10.3 Å². The van der Waals surface area contributed by atoms with Gasteiger partial charge in [-0.15, -0.1) is 0 Å². The Hall–Kier alpha value is -2.90. The Balaban J connectivity index is 2.21. The van der Waals surface area contributed by atoms with Crippen LogP contribution in [-0.4, -0.2) is 27.0 Å². The number of aryl methyl sites for hydroxylation is 1. The van der Waals surface area contributed by atoms with E-state index in [0.29, 0.717) is 0 Å².